The van der Waals surface area contributed by atoms with Gasteiger partial charge in [-0.25, -0.2) is 4.98 Å². The minimum atomic E-state index is -1.08. The van der Waals surface area contributed by atoms with Crippen LogP contribution in [0.5, 0.6) is 0 Å². The number of aliphatic hydroxyl groups excluding tert-OH is 2. The molecule has 0 aliphatic heterocycles. The molecule has 1 aromatic heterocycles. The van der Waals surface area contributed by atoms with Crippen LogP contribution in [0.15, 0.2) is 12.1 Å². The highest BCUT2D eigenvalue weighted by Crippen LogP contribution is 2.21. The number of rotatable bonds is 4. The van der Waals surface area contributed by atoms with E-state index in [1.54, 1.807) is 19.1 Å². The van der Waals surface area contributed by atoms with Crippen LogP contribution >= 0.6 is 11.6 Å². The fraction of sp³-hybridized carbons (Fsp3) is 0.455. The highest BCUT2D eigenvalue weighted by Gasteiger charge is 2.19. The van der Waals surface area contributed by atoms with E-state index in [0.717, 1.165) is 0 Å². The molecule has 5 nitrogen and oxygen atoms in total. The summed E-state index contributed by atoms with van der Waals surface area (Å²) < 4.78 is 0. The molecule has 2 unspecified atom stereocenters. The zero-order valence-corrected chi connectivity index (χ0v) is 10.4. The van der Waals surface area contributed by atoms with E-state index in [0.29, 0.717) is 17.1 Å². The van der Waals surface area contributed by atoms with E-state index in [1.165, 1.54) is 6.92 Å². The normalized spacial score (nSPS) is 14.2. The molecule has 0 spiro atoms. The average molecular weight is 259 g/mol. The van der Waals surface area contributed by atoms with Crippen molar-refractivity contribution in [3.63, 3.8) is 0 Å². The lowest BCUT2D eigenvalue weighted by Gasteiger charge is -2.17. The zero-order valence-electron chi connectivity index (χ0n) is 9.64. The Morgan fingerprint density at radius 3 is 2.65 bits per heavy atom. The van der Waals surface area contributed by atoms with Crippen LogP contribution in [-0.2, 0) is 4.79 Å². The summed E-state index contributed by atoms with van der Waals surface area (Å²) in [6, 6.07) is 3.17. The highest BCUT2D eigenvalue weighted by atomic mass is 35.5. The Hall–Kier alpha value is -1.17. The van der Waals surface area contributed by atoms with E-state index in [-0.39, 0.29) is 11.8 Å². The minimum absolute atomic E-state index is 0.0615. The third-order valence-electron chi connectivity index (χ3n) is 2.27. The van der Waals surface area contributed by atoms with Crippen molar-refractivity contribution in [1.29, 1.82) is 0 Å². The highest BCUT2D eigenvalue weighted by molar-refractivity contribution is 6.18. The molecule has 0 saturated heterocycles. The first kappa shape index (κ1) is 13.9. The second-order valence-corrected chi connectivity index (χ2v) is 4.03. The quantitative estimate of drug-likeness (QED) is 0.703. The van der Waals surface area contributed by atoms with Gasteiger partial charge in [-0.05, 0) is 13.0 Å². The van der Waals surface area contributed by atoms with Crippen LogP contribution in [0.4, 0.5) is 5.82 Å². The Balaban J connectivity index is 2.93. The molecule has 17 heavy (non-hydrogen) atoms. The van der Waals surface area contributed by atoms with Gasteiger partial charge in [-0.2, -0.15) is 0 Å². The van der Waals surface area contributed by atoms with E-state index < -0.39 is 12.2 Å². The number of halogens is 1. The fourth-order valence-corrected chi connectivity index (χ4v) is 1.59. The summed E-state index contributed by atoms with van der Waals surface area (Å²) in [5, 5.41) is 21.8. The van der Waals surface area contributed by atoms with Crippen molar-refractivity contribution >= 4 is 23.3 Å². The number of amides is 1. The Morgan fingerprint density at radius 2 is 2.18 bits per heavy atom. The van der Waals surface area contributed by atoms with E-state index in [9.17, 15) is 15.0 Å². The van der Waals surface area contributed by atoms with Gasteiger partial charge in [0, 0.05) is 18.2 Å². The minimum Gasteiger partial charge on any atom is -0.389 e. The Bertz CT molecular complexity index is 412. The van der Waals surface area contributed by atoms with Crippen molar-refractivity contribution in [3.8, 4) is 0 Å². The van der Waals surface area contributed by atoms with Gasteiger partial charge >= 0.3 is 0 Å². The number of hydrogen-bond acceptors (Lipinski definition) is 4. The standard InChI is InChI=1S/C11H15ClN2O3/c1-6-8(11(17)9(16)5-12)3-4-10(13-6)14-7(2)15/h3-4,9,11,16-17H,5H2,1-2H3,(H,13,14,15). The van der Waals surface area contributed by atoms with Crippen LogP contribution in [0.3, 0.4) is 0 Å². The maximum absolute atomic E-state index is 10.8. The molecule has 1 aromatic rings. The van der Waals surface area contributed by atoms with Crippen molar-refractivity contribution in [2.45, 2.75) is 26.1 Å². The van der Waals surface area contributed by atoms with Gasteiger partial charge in [0.2, 0.25) is 5.91 Å². The molecule has 0 aromatic carbocycles. The number of aromatic nitrogens is 1. The number of nitrogens with one attached hydrogen (secondary N) is 1. The monoisotopic (exact) mass is 258 g/mol. The molecular formula is C11H15ClN2O3. The number of alkyl halides is 1. The van der Waals surface area contributed by atoms with Crippen molar-refractivity contribution in [1.82, 2.24) is 4.98 Å². The summed E-state index contributed by atoms with van der Waals surface area (Å²) in [7, 11) is 0. The number of aliphatic hydroxyl groups is 2. The van der Waals surface area contributed by atoms with Gasteiger partial charge in [-0.15, -0.1) is 11.6 Å². The maximum Gasteiger partial charge on any atom is 0.222 e. The number of aryl methyl sites for hydroxylation is 1. The number of anilines is 1. The average Bonchev–Trinajstić information content (AvgIpc) is 2.26. The lowest BCUT2D eigenvalue weighted by Crippen LogP contribution is -2.21. The van der Waals surface area contributed by atoms with Gasteiger partial charge in [-0.3, -0.25) is 4.79 Å². The molecule has 2 atom stereocenters. The molecule has 1 heterocycles. The van der Waals surface area contributed by atoms with Gasteiger partial charge in [0.05, 0.1) is 12.0 Å². The van der Waals surface area contributed by atoms with Gasteiger partial charge in [0.1, 0.15) is 11.9 Å². The van der Waals surface area contributed by atoms with Crippen molar-refractivity contribution < 1.29 is 15.0 Å². The maximum atomic E-state index is 10.8. The summed E-state index contributed by atoms with van der Waals surface area (Å²) in [6.45, 7) is 3.07. The summed E-state index contributed by atoms with van der Waals surface area (Å²) in [6.07, 6.45) is -2.12. The number of carbonyl (C=O) groups is 1. The summed E-state index contributed by atoms with van der Waals surface area (Å²) in [4.78, 5) is 14.9. The predicted molar refractivity (Wildman–Crippen MR) is 65.0 cm³/mol. The Morgan fingerprint density at radius 1 is 1.53 bits per heavy atom. The second-order valence-electron chi connectivity index (χ2n) is 3.72. The number of carbonyl (C=O) groups excluding carboxylic acids is 1. The smallest absolute Gasteiger partial charge is 0.222 e. The zero-order chi connectivity index (χ0) is 13.0. The molecular weight excluding hydrogens is 244 g/mol. The topological polar surface area (TPSA) is 82.5 Å². The molecule has 0 radical (unpaired) electrons. The van der Waals surface area contributed by atoms with Crippen LogP contribution < -0.4 is 5.32 Å². The Kier molecular flexibility index (Phi) is 4.86. The summed E-state index contributed by atoms with van der Waals surface area (Å²) in [5.41, 5.74) is 1.03. The van der Waals surface area contributed by atoms with Gasteiger partial charge < -0.3 is 15.5 Å². The molecule has 6 heteroatoms. The predicted octanol–water partition coefficient (Wildman–Crippen LogP) is 0.982. The number of nitrogens with zero attached hydrogens (tertiary/aromatic N) is 1. The first-order valence-electron chi connectivity index (χ1n) is 5.13. The van der Waals surface area contributed by atoms with Crippen molar-refractivity contribution in [3.05, 3.63) is 23.4 Å². The molecule has 1 amide bonds. The van der Waals surface area contributed by atoms with E-state index in [2.05, 4.69) is 10.3 Å². The number of pyridine rings is 1. The summed E-state index contributed by atoms with van der Waals surface area (Å²) in [5.74, 6) is 0.130. The second kappa shape index (κ2) is 5.95. The first-order chi connectivity index (χ1) is 7.95. The molecule has 3 N–H and O–H groups in total. The number of hydrogen-bond donors (Lipinski definition) is 3. The first-order valence-corrected chi connectivity index (χ1v) is 5.66. The third-order valence-corrected chi connectivity index (χ3v) is 2.59. The van der Waals surface area contributed by atoms with Crippen LogP contribution in [-0.4, -0.2) is 33.1 Å². The van der Waals surface area contributed by atoms with E-state index >= 15 is 0 Å². The lowest BCUT2D eigenvalue weighted by molar-refractivity contribution is -0.114. The summed E-state index contributed by atoms with van der Waals surface area (Å²) >= 11 is 5.46. The molecule has 94 valence electrons. The molecule has 0 saturated carbocycles. The van der Waals surface area contributed by atoms with Crippen LogP contribution in [0.1, 0.15) is 24.3 Å². The SMILES string of the molecule is CC(=O)Nc1ccc(C(O)C(O)CCl)c(C)n1. The van der Waals surface area contributed by atoms with E-state index in [4.69, 9.17) is 11.6 Å². The van der Waals surface area contributed by atoms with Crippen LogP contribution in [0.25, 0.3) is 0 Å². The lowest BCUT2D eigenvalue weighted by atomic mass is 10.0. The van der Waals surface area contributed by atoms with Crippen LogP contribution in [0, 0.1) is 6.92 Å². The molecule has 0 bridgehead atoms. The third kappa shape index (κ3) is 3.66. The molecule has 0 aliphatic carbocycles. The molecule has 0 fully saturated rings. The molecule has 0 aliphatic rings. The van der Waals surface area contributed by atoms with Gasteiger partial charge in [0.15, 0.2) is 0 Å². The van der Waals surface area contributed by atoms with Gasteiger partial charge in [0.25, 0.3) is 0 Å². The van der Waals surface area contributed by atoms with Gasteiger partial charge in [-0.1, -0.05) is 6.07 Å². The van der Waals surface area contributed by atoms with E-state index in [1.807, 2.05) is 0 Å². The van der Waals surface area contributed by atoms with Crippen molar-refractivity contribution in [2.24, 2.45) is 0 Å². The Labute approximate surface area is 104 Å². The molecule has 1 rings (SSSR count). The largest absolute Gasteiger partial charge is 0.389 e. The fourth-order valence-electron chi connectivity index (χ4n) is 1.43. The van der Waals surface area contributed by atoms with Crippen LogP contribution in [0.2, 0.25) is 0 Å². The van der Waals surface area contributed by atoms with Crippen molar-refractivity contribution in [2.75, 3.05) is 11.2 Å².